The molecule has 1 fully saturated rings. The van der Waals surface area contributed by atoms with Crippen LogP contribution in [-0.4, -0.2) is 18.3 Å². The summed E-state index contributed by atoms with van der Waals surface area (Å²) in [5.74, 6) is 0. The van der Waals surface area contributed by atoms with Crippen molar-refractivity contribution in [1.82, 2.24) is 5.32 Å². The monoisotopic (exact) mass is 131 g/mol. The highest BCUT2D eigenvalue weighted by Crippen LogP contribution is 2.24. The summed E-state index contributed by atoms with van der Waals surface area (Å²) in [6.07, 6.45) is 1.68. The summed E-state index contributed by atoms with van der Waals surface area (Å²) in [5.41, 5.74) is -0.974. The van der Waals surface area contributed by atoms with Crippen molar-refractivity contribution in [2.75, 3.05) is 6.54 Å². The lowest BCUT2D eigenvalue weighted by Gasteiger charge is -2.33. The third-order valence-corrected chi connectivity index (χ3v) is 2.20. The first-order valence-corrected chi connectivity index (χ1v) is 3.55. The Morgan fingerprint density at radius 3 is 2.67 bits per heavy atom. The molecule has 0 saturated carbocycles. The first-order valence-electron chi connectivity index (χ1n) is 3.55. The molecule has 0 bridgehead atoms. The first kappa shape index (κ1) is 7.00. The third kappa shape index (κ3) is 1.42. The van der Waals surface area contributed by atoms with Crippen molar-refractivity contribution < 1.29 is 4.39 Å². The number of halogens is 1. The van der Waals surface area contributed by atoms with Gasteiger partial charge >= 0.3 is 0 Å². The Hall–Kier alpha value is -0.110. The van der Waals surface area contributed by atoms with E-state index in [4.69, 9.17) is 0 Å². The Labute approximate surface area is 55.6 Å². The summed E-state index contributed by atoms with van der Waals surface area (Å²) in [4.78, 5) is 0. The molecule has 0 aliphatic carbocycles. The molecule has 0 aromatic carbocycles. The molecule has 54 valence electrons. The molecule has 0 amide bonds. The number of hydrogen-bond donors (Lipinski definition) is 1. The molecule has 1 nitrogen and oxygen atoms in total. The van der Waals surface area contributed by atoms with Crippen molar-refractivity contribution in [3.63, 3.8) is 0 Å². The average Bonchev–Trinajstić information content (AvgIpc) is 1.77. The molecule has 0 aromatic rings. The molecule has 0 radical (unpaired) electrons. The molecule has 1 aliphatic heterocycles. The van der Waals surface area contributed by atoms with E-state index in [1.54, 1.807) is 6.92 Å². The second kappa shape index (κ2) is 2.25. The van der Waals surface area contributed by atoms with Crippen molar-refractivity contribution in [2.24, 2.45) is 0 Å². The minimum absolute atomic E-state index is 0.0336. The van der Waals surface area contributed by atoms with Crippen LogP contribution < -0.4 is 5.32 Å². The third-order valence-electron chi connectivity index (χ3n) is 2.20. The summed E-state index contributed by atoms with van der Waals surface area (Å²) >= 11 is 0. The van der Waals surface area contributed by atoms with Gasteiger partial charge in [0.25, 0.3) is 0 Å². The maximum atomic E-state index is 13.2. The van der Waals surface area contributed by atoms with Gasteiger partial charge in [0.15, 0.2) is 0 Å². The molecule has 0 spiro atoms. The van der Waals surface area contributed by atoms with Crippen LogP contribution in [-0.2, 0) is 0 Å². The van der Waals surface area contributed by atoms with Crippen LogP contribution in [0.25, 0.3) is 0 Å². The van der Waals surface area contributed by atoms with Crippen molar-refractivity contribution in [2.45, 2.75) is 38.4 Å². The van der Waals surface area contributed by atoms with Gasteiger partial charge in [0.05, 0.1) is 0 Å². The summed E-state index contributed by atoms with van der Waals surface area (Å²) in [6.45, 7) is 4.55. The van der Waals surface area contributed by atoms with E-state index >= 15 is 0 Å². The molecular weight excluding hydrogens is 117 g/mol. The van der Waals surface area contributed by atoms with Gasteiger partial charge in [-0.25, -0.2) is 4.39 Å². The molecule has 1 saturated heterocycles. The Kier molecular flexibility index (Phi) is 1.75. The van der Waals surface area contributed by atoms with Crippen molar-refractivity contribution >= 4 is 0 Å². The molecule has 9 heavy (non-hydrogen) atoms. The molecular formula is C7H14FN. The van der Waals surface area contributed by atoms with Crippen LogP contribution >= 0.6 is 0 Å². The Balaban J connectivity index is 2.49. The van der Waals surface area contributed by atoms with Gasteiger partial charge in [0.1, 0.15) is 5.67 Å². The zero-order valence-corrected chi connectivity index (χ0v) is 6.08. The van der Waals surface area contributed by atoms with Gasteiger partial charge in [0.2, 0.25) is 0 Å². The highest BCUT2D eigenvalue weighted by Gasteiger charge is 2.32. The van der Waals surface area contributed by atoms with Crippen molar-refractivity contribution in [3.05, 3.63) is 0 Å². The fraction of sp³-hybridized carbons (Fsp3) is 1.00. The summed E-state index contributed by atoms with van der Waals surface area (Å²) in [6, 6.07) is 0.0336. The van der Waals surface area contributed by atoms with Crippen LogP contribution in [0.3, 0.4) is 0 Å². The second-order valence-electron chi connectivity index (χ2n) is 3.06. The van der Waals surface area contributed by atoms with E-state index in [1.807, 2.05) is 6.92 Å². The fourth-order valence-corrected chi connectivity index (χ4v) is 1.18. The van der Waals surface area contributed by atoms with E-state index in [1.165, 1.54) is 0 Å². The van der Waals surface area contributed by atoms with Gasteiger partial charge in [-0.05, 0) is 33.2 Å². The molecule has 0 aromatic heterocycles. The number of alkyl halides is 1. The zero-order chi connectivity index (χ0) is 6.91. The lowest BCUT2D eigenvalue weighted by Crippen LogP contribution is -2.48. The molecule has 1 heterocycles. The van der Waals surface area contributed by atoms with E-state index < -0.39 is 5.67 Å². The number of nitrogens with one attached hydrogen (secondary N) is 1. The van der Waals surface area contributed by atoms with Crippen LogP contribution in [0.2, 0.25) is 0 Å². The van der Waals surface area contributed by atoms with Gasteiger partial charge in [-0.15, -0.1) is 0 Å². The van der Waals surface area contributed by atoms with Gasteiger partial charge in [-0.1, -0.05) is 0 Å². The smallest absolute Gasteiger partial charge is 0.123 e. The molecule has 2 heteroatoms. The highest BCUT2D eigenvalue weighted by molar-refractivity contribution is 4.88. The quantitative estimate of drug-likeness (QED) is 0.525. The largest absolute Gasteiger partial charge is 0.311 e. The Morgan fingerprint density at radius 2 is 2.33 bits per heavy atom. The van der Waals surface area contributed by atoms with E-state index in [9.17, 15) is 4.39 Å². The highest BCUT2D eigenvalue weighted by atomic mass is 19.1. The standard InChI is InChI=1S/C7H14FN/c1-6-7(2,8)4-3-5-9-6/h6,9H,3-5H2,1-2H3. The minimum Gasteiger partial charge on any atom is -0.311 e. The Morgan fingerprint density at radius 1 is 1.67 bits per heavy atom. The second-order valence-corrected chi connectivity index (χ2v) is 3.06. The number of hydrogen-bond acceptors (Lipinski definition) is 1. The van der Waals surface area contributed by atoms with E-state index in [2.05, 4.69) is 5.32 Å². The van der Waals surface area contributed by atoms with Crippen LogP contribution in [0.15, 0.2) is 0 Å². The molecule has 1 N–H and O–H groups in total. The Bertz CT molecular complexity index is 101. The van der Waals surface area contributed by atoms with Crippen molar-refractivity contribution in [1.29, 1.82) is 0 Å². The SMILES string of the molecule is CC1NCCCC1(C)F. The predicted molar refractivity (Wildman–Crippen MR) is 36.2 cm³/mol. The first-order chi connectivity index (χ1) is 4.13. The van der Waals surface area contributed by atoms with Crippen LogP contribution in [0, 0.1) is 0 Å². The summed E-state index contributed by atoms with van der Waals surface area (Å²) < 4.78 is 13.2. The predicted octanol–water partition coefficient (Wildman–Crippen LogP) is 1.49. The molecule has 2 unspecified atom stereocenters. The van der Waals surface area contributed by atoms with Gasteiger partial charge in [-0.3, -0.25) is 0 Å². The van der Waals surface area contributed by atoms with Gasteiger partial charge in [0, 0.05) is 6.04 Å². The van der Waals surface area contributed by atoms with Gasteiger partial charge < -0.3 is 5.32 Å². The normalized spacial score (nSPS) is 45.0. The molecule has 1 rings (SSSR count). The number of piperidine rings is 1. The maximum Gasteiger partial charge on any atom is 0.123 e. The molecule has 1 aliphatic rings. The summed E-state index contributed by atoms with van der Waals surface area (Å²) in [5, 5.41) is 3.10. The van der Waals surface area contributed by atoms with E-state index in [0.717, 1.165) is 13.0 Å². The topological polar surface area (TPSA) is 12.0 Å². The number of rotatable bonds is 0. The average molecular weight is 131 g/mol. The van der Waals surface area contributed by atoms with E-state index in [0.29, 0.717) is 6.42 Å². The van der Waals surface area contributed by atoms with E-state index in [-0.39, 0.29) is 6.04 Å². The van der Waals surface area contributed by atoms with Crippen molar-refractivity contribution in [3.8, 4) is 0 Å². The minimum atomic E-state index is -0.974. The maximum absolute atomic E-state index is 13.2. The fourth-order valence-electron chi connectivity index (χ4n) is 1.18. The zero-order valence-electron chi connectivity index (χ0n) is 6.08. The van der Waals surface area contributed by atoms with Crippen LogP contribution in [0.1, 0.15) is 26.7 Å². The van der Waals surface area contributed by atoms with Gasteiger partial charge in [-0.2, -0.15) is 0 Å². The summed E-state index contributed by atoms with van der Waals surface area (Å²) in [7, 11) is 0. The van der Waals surface area contributed by atoms with Crippen LogP contribution in [0.4, 0.5) is 4.39 Å². The molecule has 2 atom stereocenters. The lowest BCUT2D eigenvalue weighted by molar-refractivity contribution is 0.0975. The lowest BCUT2D eigenvalue weighted by atomic mass is 9.91. The van der Waals surface area contributed by atoms with Crippen LogP contribution in [0.5, 0.6) is 0 Å².